The summed E-state index contributed by atoms with van der Waals surface area (Å²) < 4.78 is 13.7. The van der Waals surface area contributed by atoms with E-state index in [-0.39, 0.29) is 0 Å². The summed E-state index contributed by atoms with van der Waals surface area (Å²) in [7, 11) is 0. The zero-order valence-electron chi connectivity index (χ0n) is 11.5. The summed E-state index contributed by atoms with van der Waals surface area (Å²) in [6.07, 6.45) is 1.40. The van der Waals surface area contributed by atoms with E-state index in [2.05, 4.69) is 4.98 Å². The van der Waals surface area contributed by atoms with Crippen LogP contribution in [0.1, 0.15) is 0 Å². The first-order valence-electron chi connectivity index (χ1n) is 6.53. The Balaban J connectivity index is 2.32. The van der Waals surface area contributed by atoms with Crippen LogP contribution in [0.5, 0.6) is 0 Å². The SMILES string of the molecule is Fc1cc(-c2cccc(Cl)c2Cl)c(-c2cccc(Cl)c2Cl)cn1. The van der Waals surface area contributed by atoms with Crippen molar-refractivity contribution in [2.24, 2.45) is 0 Å². The Bertz CT molecular complexity index is 896. The summed E-state index contributed by atoms with van der Waals surface area (Å²) >= 11 is 24.7. The molecular weight excluding hydrogens is 379 g/mol. The van der Waals surface area contributed by atoms with E-state index >= 15 is 0 Å². The number of nitrogens with zero attached hydrogens (tertiary/aromatic N) is 1. The van der Waals surface area contributed by atoms with E-state index in [0.717, 1.165) is 0 Å². The highest BCUT2D eigenvalue weighted by Gasteiger charge is 2.16. The molecule has 0 fully saturated rings. The maximum Gasteiger partial charge on any atom is 0.213 e. The van der Waals surface area contributed by atoms with Gasteiger partial charge in [-0.3, -0.25) is 0 Å². The minimum absolute atomic E-state index is 0.333. The first kappa shape index (κ1) is 16.5. The van der Waals surface area contributed by atoms with Crippen molar-refractivity contribution in [2.45, 2.75) is 0 Å². The van der Waals surface area contributed by atoms with Crippen LogP contribution >= 0.6 is 46.4 Å². The van der Waals surface area contributed by atoms with Gasteiger partial charge >= 0.3 is 0 Å². The molecule has 116 valence electrons. The third-order valence-electron chi connectivity index (χ3n) is 3.35. The van der Waals surface area contributed by atoms with Gasteiger partial charge < -0.3 is 0 Å². The predicted octanol–water partition coefficient (Wildman–Crippen LogP) is 7.17. The average Bonchev–Trinajstić information content (AvgIpc) is 2.53. The van der Waals surface area contributed by atoms with Gasteiger partial charge in [0.25, 0.3) is 0 Å². The van der Waals surface area contributed by atoms with Crippen LogP contribution in [0.15, 0.2) is 48.7 Å². The molecule has 0 aliphatic heterocycles. The van der Waals surface area contributed by atoms with Crippen LogP contribution in [-0.4, -0.2) is 4.98 Å². The van der Waals surface area contributed by atoms with Crippen molar-refractivity contribution in [3.8, 4) is 22.3 Å². The molecule has 0 aliphatic carbocycles. The van der Waals surface area contributed by atoms with Crippen LogP contribution in [0.2, 0.25) is 20.1 Å². The minimum atomic E-state index is -0.627. The zero-order chi connectivity index (χ0) is 16.6. The summed E-state index contributed by atoms with van der Waals surface area (Å²) in [4.78, 5) is 3.72. The Kier molecular flexibility index (Phi) is 4.79. The van der Waals surface area contributed by atoms with Crippen molar-refractivity contribution in [2.75, 3.05) is 0 Å². The van der Waals surface area contributed by atoms with Crippen molar-refractivity contribution in [3.63, 3.8) is 0 Å². The molecule has 1 aromatic heterocycles. The van der Waals surface area contributed by atoms with Crippen LogP contribution in [0, 0.1) is 5.95 Å². The molecule has 0 aliphatic rings. The van der Waals surface area contributed by atoms with Crippen molar-refractivity contribution in [1.82, 2.24) is 4.98 Å². The number of hydrogen-bond acceptors (Lipinski definition) is 1. The van der Waals surface area contributed by atoms with Crippen LogP contribution in [0.4, 0.5) is 4.39 Å². The molecule has 0 saturated heterocycles. The largest absolute Gasteiger partial charge is 0.228 e. The maximum atomic E-state index is 13.7. The molecule has 0 amide bonds. The number of rotatable bonds is 2. The molecule has 3 aromatic rings. The highest BCUT2D eigenvalue weighted by molar-refractivity contribution is 6.44. The summed E-state index contributed by atoms with van der Waals surface area (Å²) in [6.45, 7) is 0. The predicted molar refractivity (Wildman–Crippen MR) is 95.1 cm³/mol. The summed E-state index contributed by atoms with van der Waals surface area (Å²) in [5.74, 6) is -0.627. The van der Waals surface area contributed by atoms with Gasteiger partial charge in [0.2, 0.25) is 5.95 Å². The number of halogens is 5. The Hall–Kier alpha value is -1.32. The number of pyridine rings is 1. The first-order valence-corrected chi connectivity index (χ1v) is 8.04. The minimum Gasteiger partial charge on any atom is -0.228 e. The lowest BCUT2D eigenvalue weighted by Crippen LogP contribution is -1.92. The standard InChI is InChI=1S/C17H8Cl4FN/c18-13-5-1-3-9(16(13)20)11-7-15(22)23-8-12(11)10-4-2-6-14(19)17(10)21/h1-8H. The Morgan fingerprint density at radius 2 is 1.22 bits per heavy atom. The van der Waals surface area contributed by atoms with E-state index in [1.807, 2.05) is 0 Å². The Morgan fingerprint density at radius 1 is 0.696 bits per heavy atom. The average molecular weight is 387 g/mol. The molecule has 2 aromatic carbocycles. The summed E-state index contributed by atoms with van der Waals surface area (Å²) in [5.41, 5.74) is 2.38. The molecule has 0 atom stereocenters. The lowest BCUT2D eigenvalue weighted by atomic mass is 9.96. The molecule has 0 saturated carbocycles. The molecule has 1 nitrogen and oxygen atoms in total. The van der Waals surface area contributed by atoms with Gasteiger partial charge in [0.05, 0.1) is 20.1 Å². The van der Waals surface area contributed by atoms with Crippen molar-refractivity contribution in [1.29, 1.82) is 0 Å². The fourth-order valence-corrected chi connectivity index (χ4v) is 3.10. The smallest absolute Gasteiger partial charge is 0.213 e. The van der Waals surface area contributed by atoms with Crippen molar-refractivity contribution < 1.29 is 4.39 Å². The highest BCUT2D eigenvalue weighted by Crippen LogP contribution is 2.42. The lowest BCUT2D eigenvalue weighted by molar-refractivity contribution is 0.584. The van der Waals surface area contributed by atoms with Gasteiger partial charge in [-0.1, -0.05) is 70.7 Å². The normalized spacial score (nSPS) is 10.8. The second-order valence-electron chi connectivity index (χ2n) is 4.76. The molecule has 3 rings (SSSR count). The molecule has 0 unspecified atom stereocenters. The van der Waals surface area contributed by atoms with E-state index in [9.17, 15) is 4.39 Å². The quantitative estimate of drug-likeness (QED) is 0.425. The maximum absolute atomic E-state index is 13.7. The lowest BCUT2D eigenvalue weighted by Gasteiger charge is -2.13. The van der Waals surface area contributed by atoms with Gasteiger partial charge in [-0.2, -0.15) is 4.39 Å². The van der Waals surface area contributed by atoms with E-state index in [4.69, 9.17) is 46.4 Å². The van der Waals surface area contributed by atoms with Gasteiger partial charge in [0.15, 0.2) is 0 Å². The van der Waals surface area contributed by atoms with E-state index in [1.54, 1.807) is 36.4 Å². The molecule has 1 heterocycles. The third kappa shape index (κ3) is 3.17. The summed E-state index contributed by atoms with van der Waals surface area (Å²) in [6, 6.07) is 11.7. The second kappa shape index (κ2) is 6.66. The Morgan fingerprint density at radius 3 is 1.78 bits per heavy atom. The number of benzene rings is 2. The first-order chi connectivity index (χ1) is 11.0. The van der Waals surface area contributed by atoms with Gasteiger partial charge in [0.1, 0.15) is 0 Å². The molecular formula is C17H8Cl4FN. The fourth-order valence-electron chi connectivity index (χ4n) is 2.29. The third-order valence-corrected chi connectivity index (χ3v) is 4.99. The van der Waals surface area contributed by atoms with Crippen LogP contribution < -0.4 is 0 Å². The number of aromatic nitrogens is 1. The molecule has 0 spiro atoms. The number of hydrogen-bond donors (Lipinski definition) is 0. The van der Waals surface area contributed by atoms with E-state index in [1.165, 1.54) is 12.3 Å². The van der Waals surface area contributed by atoms with Crippen LogP contribution in [-0.2, 0) is 0 Å². The molecule has 0 bridgehead atoms. The monoisotopic (exact) mass is 385 g/mol. The van der Waals surface area contributed by atoms with Gasteiger partial charge in [-0.25, -0.2) is 4.98 Å². The van der Waals surface area contributed by atoms with Gasteiger partial charge in [-0.15, -0.1) is 0 Å². The topological polar surface area (TPSA) is 12.9 Å². The van der Waals surface area contributed by atoms with Crippen molar-refractivity contribution >= 4 is 46.4 Å². The van der Waals surface area contributed by atoms with Crippen molar-refractivity contribution in [3.05, 3.63) is 74.7 Å². The second-order valence-corrected chi connectivity index (χ2v) is 6.33. The molecule has 6 heteroatoms. The van der Waals surface area contributed by atoms with Gasteiger partial charge in [0, 0.05) is 29.0 Å². The van der Waals surface area contributed by atoms with E-state index in [0.29, 0.717) is 42.3 Å². The molecule has 0 N–H and O–H groups in total. The molecule has 0 radical (unpaired) electrons. The van der Waals surface area contributed by atoms with Crippen LogP contribution in [0.25, 0.3) is 22.3 Å². The van der Waals surface area contributed by atoms with Gasteiger partial charge in [-0.05, 0) is 17.7 Å². The Labute approximate surface area is 152 Å². The summed E-state index contributed by atoms with van der Waals surface area (Å²) in [5, 5.41) is 1.47. The van der Waals surface area contributed by atoms with Crippen LogP contribution in [0.3, 0.4) is 0 Å². The highest BCUT2D eigenvalue weighted by atomic mass is 35.5. The molecule has 23 heavy (non-hydrogen) atoms. The zero-order valence-corrected chi connectivity index (χ0v) is 14.5. The fraction of sp³-hybridized carbons (Fsp3) is 0. The van der Waals surface area contributed by atoms with E-state index < -0.39 is 5.95 Å².